The van der Waals surface area contributed by atoms with Crippen LogP contribution in [0.25, 0.3) is 0 Å². The van der Waals surface area contributed by atoms with Crippen molar-refractivity contribution in [1.29, 1.82) is 0 Å². The summed E-state index contributed by atoms with van der Waals surface area (Å²) in [5.41, 5.74) is 0. The highest BCUT2D eigenvalue weighted by Crippen LogP contribution is 2.20. The number of piperidine rings is 1. The van der Waals surface area contributed by atoms with E-state index in [0.29, 0.717) is 0 Å². The van der Waals surface area contributed by atoms with Crippen LogP contribution < -0.4 is 0 Å². The fourth-order valence-electron chi connectivity index (χ4n) is 2.38. The van der Waals surface area contributed by atoms with Crippen molar-refractivity contribution in [2.75, 3.05) is 13.1 Å². The van der Waals surface area contributed by atoms with Gasteiger partial charge in [-0.3, -0.25) is 0 Å². The second kappa shape index (κ2) is 6.42. The third-order valence-corrected chi connectivity index (χ3v) is 3.17. The Balaban J connectivity index is 2.28. The van der Waals surface area contributed by atoms with E-state index in [0.717, 1.165) is 6.04 Å². The molecule has 1 rings (SSSR count). The van der Waals surface area contributed by atoms with E-state index in [1.54, 1.807) is 0 Å². The first-order valence-corrected chi connectivity index (χ1v) is 6.12. The molecule has 0 aromatic heterocycles. The Morgan fingerprint density at radius 3 is 2.69 bits per heavy atom. The standard InChI is InChI=1S/C12H25N/c1-3-5-10-13-11-7-6-9-12(13)8-4-2/h12H,3-11H2,1-2H3. The molecule has 1 atom stereocenters. The van der Waals surface area contributed by atoms with Crippen LogP contribution >= 0.6 is 0 Å². The first-order valence-electron chi connectivity index (χ1n) is 6.12. The van der Waals surface area contributed by atoms with Crippen LogP contribution in [-0.2, 0) is 0 Å². The van der Waals surface area contributed by atoms with Crippen LogP contribution in [0.1, 0.15) is 58.8 Å². The predicted octanol–water partition coefficient (Wildman–Crippen LogP) is 3.44. The minimum Gasteiger partial charge on any atom is -0.300 e. The van der Waals surface area contributed by atoms with Crippen molar-refractivity contribution < 1.29 is 0 Å². The maximum atomic E-state index is 2.73. The molecule has 78 valence electrons. The largest absolute Gasteiger partial charge is 0.300 e. The summed E-state index contributed by atoms with van der Waals surface area (Å²) in [6.45, 7) is 7.32. The second-order valence-electron chi connectivity index (χ2n) is 4.33. The van der Waals surface area contributed by atoms with Crippen LogP contribution in [0.4, 0.5) is 0 Å². The lowest BCUT2D eigenvalue weighted by molar-refractivity contribution is 0.137. The Bertz CT molecular complexity index is 120. The minimum atomic E-state index is 0.922. The summed E-state index contributed by atoms with van der Waals surface area (Å²) in [4.78, 5) is 2.73. The van der Waals surface area contributed by atoms with Crippen LogP contribution in [0.3, 0.4) is 0 Å². The maximum absolute atomic E-state index is 2.73. The van der Waals surface area contributed by atoms with Gasteiger partial charge in [-0.15, -0.1) is 0 Å². The molecule has 1 heterocycles. The molecule has 1 nitrogen and oxygen atoms in total. The third kappa shape index (κ3) is 3.68. The van der Waals surface area contributed by atoms with E-state index in [2.05, 4.69) is 18.7 Å². The fourth-order valence-corrected chi connectivity index (χ4v) is 2.38. The van der Waals surface area contributed by atoms with Gasteiger partial charge >= 0.3 is 0 Å². The van der Waals surface area contributed by atoms with Crippen LogP contribution in [0.5, 0.6) is 0 Å². The van der Waals surface area contributed by atoms with E-state index in [4.69, 9.17) is 0 Å². The molecule has 13 heavy (non-hydrogen) atoms. The molecule has 0 radical (unpaired) electrons. The van der Waals surface area contributed by atoms with Gasteiger partial charge in [0.15, 0.2) is 0 Å². The van der Waals surface area contributed by atoms with Crippen LogP contribution in [0.2, 0.25) is 0 Å². The molecular weight excluding hydrogens is 158 g/mol. The second-order valence-corrected chi connectivity index (χ2v) is 4.33. The SMILES string of the molecule is CCCCN1CCCCC1CCC. The molecule has 0 spiro atoms. The summed E-state index contributed by atoms with van der Waals surface area (Å²) in [6, 6.07) is 0.922. The Kier molecular flexibility index (Phi) is 5.45. The van der Waals surface area contributed by atoms with E-state index in [9.17, 15) is 0 Å². The zero-order valence-corrected chi connectivity index (χ0v) is 9.39. The van der Waals surface area contributed by atoms with Gasteiger partial charge in [0.1, 0.15) is 0 Å². The molecule has 1 aliphatic rings. The Hall–Kier alpha value is -0.0400. The molecule has 1 saturated heterocycles. The molecular formula is C12H25N. The van der Waals surface area contributed by atoms with Crippen LogP contribution in [0.15, 0.2) is 0 Å². The van der Waals surface area contributed by atoms with E-state index in [-0.39, 0.29) is 0 Å². The number of likely N-dealkylation sites (tertiary alicyclic amines) is 1. The lowest BCUT2D eigenvalue weighted by Crippen LogP contribution is -2.39. The highest BCUT2D eigenvalue weighted by Gasteiger charge is 2.20. The molecule has 0 saturated carbocycles. The Morgan fingerprint density at radius 1 is 1.15 bits per heavy atom. The van der Waals surface area contributed by atoms with E-state index < -0.39 is 0 Å². The van der Waals surface area contributed by atoms with E-state index in [1.165, 1.54) is 58.0 Å². The molecule has 0 aromatic carbocycles. The zero-order chi connectivity index (χ0) is 9.52. The van der Waals surface area contributed by atoms with Gasteiger partial charge in [0.25, 0.3) is 0 Å². The molecule has 1 aliphatic heterocycles. The molecule has 0 aromatic rings. The Morgan fingerprint density at radius 2 is 2.00 bits per heavy atom. The van der Waals surface area contributed by atoms with Crippen molar-refractivity contribution in [1.82, 2.24) is 4.90 Å². The maximum Gasteiger partial charge on any atom is 0.00951 e. The molecule has 0 aliphatic carbocycles. The third-order valence-electron chi connectivity index (χ3n) is 3.17. The molecule has 1 fully saturated rings. The molecule has 0 N–H and O–H groups in total. The van der Waals surface area contributed by atoms with Crippen molar-refractivity contribution >= 4 is 0 Å². The number of unbranched alkanes of at least 4 members (excludes halogenated alkanes) is 1. The summed E-state index contributed by atoms with van der Waals surface area (Å²) in [5.74, 6) is 0. The van der Waals surface area contributed by atoms with Gasteiger partial charge in [0, 0.05) is 6.04 Å². The summed E-state index contributed by atoms with van der Waals surface area (Å²) >= 11 is 0. The van der Waals surface area contributed by atoms with E-state index in [1.807, 2.05) is 0 Å². The summed E-state index contributed by atoms with van der Waals surface area (Å²) in [5, 5.41) is 0. The average Bonchev–Trinajstić information content (AvgIpc) is 2.17. The number of hydrogen-bond acceptors (Lipinski definition) is 1. The average molecular weight is 183 g/mol. The van der Waals surface area contributed by atoms with Crippen molar-refractivity contribution in [2.45, 2.75) is 64.8 Å². The van der Waals surface area contributed by atoms with Crippen molar-refractivity contribution in [3.05, 3.63) is 0 Å². The lowest BCUT2D eigenvalue weighted by atomic mass is 9.98. The van der Waals surface area contributed by atoms with Gasteiger partial charge in [-0.2, -0.15) is 0 Å². The van der Waals surface area contributed by atoms with Gasteiger partial charge in [0.05, 0.1) is 0 Å². The predicted molar refractivity (Wildman–Crippen MR) is 59.0 cm³/mol. The van der Waals surface area contributed by atoms with Crippen molar-refractivity contribution in [3.8, 4) is 0 Å². The quantitative estimate of drug-likeness (QED) is 0.631. The van der Waals surface area contributed by atoms with Crippen LogP contribution in [0, 0.1) is 0 Å². The summed E-state index contributed by atoms with van der Waals surface area (Å²) < 4.78 is 0. The monoisotopic (exact) mass is 183 g/mol. The number of hydrogen-bond donors (Lipinski definition) is 0. The number of rotatable bonds is 5. The molecule has 1 unspecified atom stereocenters. The normalized spacial score (nSPS) is 24.9. The zero-order valence-electron chi connectivity index (χ0n) is 9.39. The highest BCUT2D eigenvalue weighted by molar-refractivity contribution is 4.76. The number of nitrogens with zero attached hydrogens (tertiary/aromatic N) is 1. The fraction of sp³-hybridized carbons (Fsp3) is 1.00. The minimum absolute atomic E-state index is 0.922. The molecule has 1 heteroatoms. The lowest BCUT2D eigenvalue weighted by Gasteiger charge is -2.35. The van der Waals surface area contributed by atoms with Crippen molar-refractivity contribution in [3.63, 3.8) is 0 Å². The molecule has 0 bridgehead atoms. The summed E-state index contributed by atoms with van der Waals surface area (Å²) in [6.07, 6.45) is 9.86. The first kappa shape index (κ1) is 11.0. The smallest absolute Gasteiger partial charge is 0.00951 e. The Labute approximate surface area is 83.5 Å². The van der Waals surface area contributed by atoms with Gasteiger partial charge in [0.2, 0.25) is 0 Å². The first-order chi connectivity index (χ1) is 6.38. The highest BCUT2D eigenvalue weighted by atomic mass is 15.2. The van der Waals surface area contributed by atoms with Crippen LogP contribution in [-0.4, -0.2) is 24.0 Å². The summed E-state index contributed by atoms with van der Waals surface area (Å²) in [7, 11) is 0. The van der Waals surface area contributed by atoms with Gasteiger partial charge < -0.3 is 4.90 Å². The molecule has 0 amide bonds. The van der Waals surface area contributed by atoms with Crippen molar-refractivity contribution in [2.24, 2.45) is 0 Å². The topological polar surface area (TPSA) is 3.24 Å². The van der Waals surface area contributed by atoms with Gasteiger partial charge in [-0.25, -0.2) is 0 Å². The van der Waals surface area contributed by atoms with E-state index >= 15 is 0 Å². The van der Waals surface area contributed by atoms with Gasteiger partial charge in [-0.05, 0) is 38.8 Å². The van der Waals surface area contributed by atoms with Gasteiger partial charge in [-0.1, -0.05) is 33.1 Å².